The number of aryl methyl sites for hydroxylation is 1. The number of nitro benzene ring substituents is 2. The number of benzene rings is 3. The van der Waals surface area contributed by atoms with Crippen LogP contribution in [0.3, 0.4) is 0 Å². The Balaban J connectivity index is -0.0000000718. The molecule has 0 atom stereocenters. The Morgan fingerprint density at radius 3 is 1.29 bits per heavy atom. The Morgan fingerprint density at radius 2 is 1.02 bits per heavy atom. The van der Waals surface area contributed by atoms with Gasteiger partial charge in [0, 0.05) is 83.6 Å². The maximum absolute atomic E-state index is 10.1. The first-order valence-corrected chi connectivity index (χ1v) is 29.8. The molecule has 3 aromatic carbocycles. The SMILES string of the molecule is C.CC.CC.Cc1cc(N)ccc1N.I.II.I[I-]I.N.Nc1ccc([N+](=O)[O-])cc1.O=[N+]([O-])c1ccc(Cl)cc1. The van der Waals surface area contributed by atoms with Gasteiger partial charge in [-0.1, -0.05) is 46.7 Å². The number of hydrogen-bond acceptors (Lipinski definition) is 8. The molecule has 0 saturated heterocycles. The normalized spacial score (nSPS) is 7.56. The van der Waals surface area contributed by atoms with Gasteiger partial charge in [-0.3, -0.25) is 20.2 Å². The predicted octanol–water partition coefficient (Wildman–Crippen LogP) is 8.60. The molecule has 0 fully saturated rings. The van der Waals surface area contributed by atoms with Crippen LogP contribution in [0.2, 0.25) is 5.02 Å². The van der Waals surface area contributed by atoms with Gasteiger partial charge in [-0.25, -0.2) is 0 Å². The van der Waals surface area contributed by atoms with Crippen LogP contribution in [0.1, 0.15) is 40.7 Å². The van der Waals surface area contributed by atoms with Gasteiger partial charge in [0.05, 0.1) is 9.85 Å². The van der Waals surface area contributed by atoms with Gasteiger partial charge >= 0.3 is 50.5 Å². The second-order valence-electron chi connectivity index (χ2n) is 5.75. The zero-order valence-corrected chi connectivity index (χ0v) is 36.4. The van der Waals surface area contributed by atoms with Crippen molar-refractivity contribution in [3.8, 4) is 0 Å². The average Bonchev–Trinajstić information content (AvgIpc) is 2.92. The molecule has 3 aromatic rings. The van der Waals surface area contributed by atoms with E-state index < -0.39 is 9.85 Å². The van der Waals surface area contributed by atoms with Gasteiger partial charge < -0.3 is 23.4 Å². The van der Waals surface area contributed by atoms with Crippen LogP contribution in [0.4, 0.5) is 28.4 Å². The minimum Gasteiger partial charge on any atom is -0.399 e. The molecule has 240 valence electrons. The molecular weight excluding hydrogens is 1230 g/mol. The topological polar surface area (TPSA) is 199 Å². The van der Waals surface area contributed by atoms with Crippen molar-refractivity contribution in [3.63, 3.8) is 0 Å². The first kappa shape index (κ1) is 57.2. The van der Waals surface area contributed by atoms with E-state index in [1.54, 1.807) is 6.07 Å². The third-order valence-corrected chi connectivity index (χ3v) is 3.69. The summed E-state index contributed by atoms with van der Waals surface area (Å²) >= 11 is 15.0. The molecule has 10 nitrogen and oxygen atoms in total. The van der Waals surface area contributed by atoms with Gasteiger partial charge in [-0.2, -0.15) is 0 Å². The molecular formula is C24H40ClI6N6O4-. The zero-order valence-electron chi connectivity index (χ0n) is 22.5. The van der Waals surface area contributed by atoms with Gasteiger partial charge in [-0.15, -0.1) is 24.0 Å². The fourth-order valence-electron chi connectivity index (χ4n) is 1.86. The average molecular weight is 1270 g/mol. The number of halogens is 7. The standard InChI is InChI=1S/C7H10N2.C6H4ClNO2.C6H6N2O2.2C2H6.CH4.I3.I2.HI.H3N/c1-5-4-6(8)2-3-7(5)9;2*7-5-1-3-6(4-2-5)8(9)10;2*1-2;;1-3-2;1-2;;/h2-4H,8-9H2,1H3;1-4H;1-4H,7H2;2*1-2H3;1H4;;;1H;1H3/q;;;;;;-1;;;. The molecule has 0 aliphatic rings. The first-order chi connectivity index (χ1) is 18.0. The molecule has 0 heterocycles. The Morgan fingerprint density at radius 1 is 0.732 bits per heavy atom. The van der Waals surface area contributed by atoms with Crippen molar-refractivity contribution in [1.82, 2.24) is 6.15 Å². The molecule has 0 unspecified atom stereocenters. The molecule has 9 N–H and O–H groups in total. The van der Waals surface area contributed by atoms with Gasteiger partial charge in [-0.05, 0) is 55.0 Å². The van der Waals surface area contributed by atoms with Crippen LogP contribution in [0.5, 0.6) is 0 Å². The van der Waals surface area contributed by atoms with Crippen molar-refractivity contribution < 1.29 is 23.1 Å². The molecule has 0 aliphatic heterocycles. The maximum Gasteiger partial charge on any atom is 0.269 e. The van der Waals surface area contributed by atoms with E-state index in [4.69, 9.17) is 28.8 Å². The molecule has 17 heteroatoms. The number of non-ortho nitro benzene ring substituents is 2. The summed E-state index contributed by atoms with van der Waals surface area (Å²) in [4.78, 5) is 19.2. The summed E-state index contributed by atoms with van der Waals surface area (Å²) < 4.78 is 0. The summed E-state index contributed by atoms with van der Waals surface area (Å²) in [6, 6.07) is 16.9. The molecule has 0 aliphatic carbocycles. The molecule has 0 spiro atoms. The molecule has 41 heavy (non-hydrogen) atoms. The second kappa shape index (κ2) is 40.5. The van der Waals surface area contributed by atoms with Crippen LogP contribution in [0, 0.1) is 27.2 Å². The minimum atomic E-state index is -0.462. The monoisotopic (exact) mass is 1270 g/mol. The quantitative estimate of drug-likeness (QED) is 0.0846. The Labute approximate surface area is 319 Å². The third kappa shape index (κ3) is 34.8. The van der Waals surface area contributed by atoms with Crippen LogP contribution >= 0.6 is 110 Å². The molecule has 0 aromatic heterocycles. The van der Waals surface area contributed by atoms with E-state index in [0.717, 1.165) is 16.9 Å². The van der Waals surface area contributed by atoms with E-state index in [2.05, 4.69) is 74.5 Å². The van der Waals surface area contributed by atoms with Crippen LogP contribution in [0.15, 0.2) is 66.7 Å². The molecule has 0 bridgehead atoms. The van der Waals surface area contributed by atoms with Crippen LogP contribution in [-0.4, -0.2) is 9.85 Å². The molecule has 0 amide bonds. The smallest absolute Gasteiger partial charge is 0.269 e. The van der Waals surface area contributed by atoms with Crippen molar-refractivity contribution in [2.24, 2.45) is 0 Å². The molecule has 0 saturated carbocycles. The van der Waals surface area contributed by atoms with E-state index in [0.29, 0.717) is 24.0 Å². The second-order valence-corrected chi connectivity index (χ2v) is 22.4. The predicted molar refractivity (Wildman–Crippen MR) is 222 cm³/mol. The molecule has 3 rings (SSSR count). The number of nitrogens with zero attached hydrogens (tertiary/aromatic N) is 2. The van der Waals surface area contributed by atoms with Crippen molar-refractivity contribution in [2.75, 3.05) is 17.2 Å². The number of hydrogen-bond donors (Lipinski definition) is 4. The first-order valence-electron chi connectivity index (χ1n) is 10.5. The maximum atomic E-state index is 10.1. The minimum absolute atomic E-state index is 0. The summed E-state index contributed by atoms with van der Waals surface area (Å²) in [6.07, 6.45) is 0. The number of rotatable bonds is 2. The van der Waals surface area contributed by atoms with Gasteiger partial charge in [0.2, 0.25) is 0 Å². The van der Waals surface area contributed by atoms with E-state index in [1.165, 1.54) is 48.5 Å². The summed E-state index contributed by atoms with van der Waals surface area (Å²) in [5.74, 6) is 0. The molecule has 0 radical (unpaired) electrons. The Kier molecular flexibility index (Phi) is 56.5. The van der Waals surface area contributed by atoms with Crippen molar-refractivity contribution >= 4 is 138 Å². The van der Waals surface area contributed by atoms with Crippen LogP contribution < -0.4 is 36.6 Å². The van der Waals surface area contributed by atoms with Gasteiger partial charge in [0.25, 0.3) is 11.4 Å². The van der Waals surface area contributed by atoms with E-state index in [-0.39, 0.29) is 48.9 Å². The third-order valence-electron chi connectivity index (χ3n) is 3.44. The largest absolute Gasteiger partial charge is 0.399 e. The fourth-order valence-corrected chi connectivity index (χ4v) is 1.98. The zero-order chi connectivity index (χ0) is 30.7. The summed E-state index contributed by atoms with van der Waals surface area (Å²) in [5, 5.41) is 20.7. The Bertz CT molecular complexity index is 953. The van der Waals surface area contributed by atoms with E-state index >= 15 is 0 Å². The van der Waals surface area contributed by atoms with Crippen molar-refractivity contribution in [1.29, 1.82) is 0 Å². The van der Waals surface area contributed by atoms with E-state index in [1.807, 2.05) is 46.8 Å². The Hall–Kier alpha value is 0.490. The van der Waals surface area contributed by atoms with Gasteiger partial charge in [0.15, 0.2) is 0 Å². The number of nitrogens with two attached hydrogens (primary N) is 3. The van der Waals surface area contributed by atoms with E-state index in [9.17, 15) is 20.2 Å². The summed E-state index contributed by atoms with van der Waals surface area (Å²) in [7, 11) is 0. The van der Waals surface area contributed by atoms with Crippen LogP contribution in [-0.2, 0) is 0 Å². The van der Waals surface area contributed by atoms with Crippen LogP contribution in [0.25, 0.3) is 0 Å². The summed E-state index contributed by atoms with van der Waals surface area (Å²) in [5.41, 5.74) is 19.6. The van der Waals surface area contributed by atoms with Crippen molar-refractivity contribution in [3.05, 3.63) is 97.5 Å². The van der Waals surface area contributed by atoms with Gasteiger partial charge in [0.1, 0.15) is 0 Å². The van der Waals surface area contributed by atoms with Crippen molar-refractivity contribution in [2.45, 2.75) is 42.0 Å². The number of nitrogen functional groups attached to an aromatic ring is 3. The summed E-state index contributed by atoms with van der Waals surface area (Å²) in [6.45, 7) is 9.94. The fraction of sp³-hybridized carbons (Fsp3) is 0.250. The number of anilines is 3. The number of nitro groups is 2.